The number of nitrogen functional groups attached to an aromatic ring is 1. The van der Waals surface area contributed by atoms with Gasteiger partial charge in [-0.15, -0.1) is 0 Å². The number of alkyl halides is 1. The Morgan fingerprint density at radius 3 is 2.86 bits per heavy atom. The van der Waals surface area contributed by atoms with Crippen LogP contribution in [0.15, 0.2) is 12.1 Å². The van der Waals surface area contributed by atoms with E-state index in [4.69, 9.17) is 17.3 Å². The van der Waals surface area contributed by atoms with Gasteiger partial charge in [-0.25, -0.2) is 0 Å². The number of halogens is 2. The first-order valence-corrected chi connectivity index (χ1v) is 5.75. The van der Waals surface area contributed by atoms with Crippen molar-refractivity contribution >= 4 is 33.2 Å². The number of benzene rings is 1. The third-order valence-electron chi connectivity index (χ3n) is 1.80. The van der Waals surface area contributed by atoms with Crippen LogP contribution in [0.2, 0.25) is 5.02 Å². The van der Waals surface area contributed by atoms with E-state index in [0.29, 0.717) is 10.7 Å². The summed E-state index contributed by atoms with van der Waals surface area (Å²) in [5, 5.41) is 1.50. The molecule has 0 amide bonds. The van der Waals surface area contributed by atoms with Gasteiger partial charge >= 0.3 is 0 Å². The number of rotatable bonds is 1. The van der Waals surface area contributed by atoms with Crippen molar-refractivity contribution in [3.05, 3.63) is 28.3 Å². The lowest BCUT2D eigenvalue weighted by Crippen LogP contribution is -1.91. The monoisotopic (exact) mass is 271 g/mol. The van der Waals surface area contributed by atoms with Crippen LogP contribution in [-0.4, -0.2) is 5.33 Å². The molecule has 0 aliphatic carbocycles. The standard InChI is InChI=1S/C11H11BrClN/c1-8-6-9(4-2-3-5-12)10(13)7-11(8)14/h6-7H,3,5,14H2,1H3. The Balaban J connectivity index is 3.00. The van der Waals surface area contributed by atoms with Crippen LogP contribution in [0, 0.1) is 18.8 Å². The van der Waals surface area contributed by atoms with E-state index in [-0.39, 0.29) is 0 Å². The van der Waals surface area contributed by atoms with Crippen molar-refractivity contribution in [1.82, 2.24) is 0 Å². The highest BCUT2D eigenvalue weighted by atomic mass is 79.9. The molecule has 0 aromatic heterocycles. The van der Waals surface area contributed by atoms with E-state index in [1.807, 2.05) is 13.0 Å². The first-order chi connectivity index (χ1) is 6.65. The molecule has 0 aliphatic heterocycles. The van der Waals surface area contributed by atoms with Gasteiger partial charge in [-0.1, -0.05) is 39.4 Å². The average molecular weight is 273 g/mol. The molecule has 2 N–H and O–H groups in total. The van der Waals surface area contributed by atoms with Gasteiger partial charge in [0.1, 0.15) is 0 Å². The predicted molar refractivity (Wildman–Crippen MR) is 65.9 cm³/mol. The van der Waals surface area contributed by atoms with Crippen LogP contribution in [0.5, 0.6) is 0 Å². The van der Waals surface area contributed by atoms with Crippen molar-refractivity contribution < 1.29 is 0 Å². The topological polar surface area (TPSA) is 26.0 Å². The van der Waals surface area contributed by atoms with E-state index in [0.717, 1.165) is 22.9 Å². The molecule has 74 valence electrons. The van der Waals surface area contributed by atoms with Gasteiger partial charge in [-0.05, 0) is 24.6 Å². The van der Waals surface area contributed by atoms with Gasteiger partial charge in [-0.3, -0.25) is 0 Å². The minimum atomic E-state index is 0.621. The molecule has 1 aromatic carbocycles. The molecular formula is C11H11BrClN. The van der Waals surface area contributed by atoms with Gasteiger partial charge in [0.05, 0.1) is 5.02 Å². The molecule has 0 atom stereocenters. The maximum absolute atomic E-state index is 5.99. The Kier molecular flexibility index (Phi) is 4.31. The lowest BCUT2D eigenvalue weighted by Gasteiger charge is -2.02. The van der Waals surface area contributed by atoms with E-state index < -0.39 is 0 Å². The van der Waals surface area contributed by atoms with Crippen LogP contribution < -0.4 is 5.73 Å². The largest absolute Gasteiger partial charge is 0.398 e. The highest BCUT2D eigenvalue weighted by Crippen LogP contribution is 2.21. The summed E-state index contributed by atoms with van der Waals surface area (Å²) in [6.07, 6.45) is 0.819. The molecule has 0 saturated carbocycles. The van der Waals surface area contributed by atoms with Crippen molar-refractivity contribution in [3.63, 3.8) is 0 Å². The molecule has 1 rings (SSSR count). The van der Waals surface area contributed by atoms with Crippen molar-refractivity contribution in [2.75, 3.05) is 11.1 Å². The van der Waals surface area contributed by atoms with Gasteiger partial charge in [-0.2, -0.15) is 0 Å². The van der Waals surface area contributed by atoms with Crippen LogP contribution in [0.25, 0.3) is 0 Å². The fraction of sp³-hybridized carbons (Fsp3) is 0.273. The molecule has 0 aliphatic rings. The van der Waals surface area contributed by atoms with Crippen LogP contribution >= 0.6 is 27.5 Å². The summed E-state index contributed by atoms with van der Waals surface area (Å²) in [6, 6.07) is 3.66. The number of aryl methyl sites for hydroxylation is 1. The lowest BCUT2D eigenvalue weighted by atomic mass is 10.1. The summed E-state index contributed by atoms with van der Waals surface area (Å²) in [5.74, 6) is 6.03. The Hall–Kier alpha value is -0.650. The Labute approximate surface area is 97.8 Å². The summed E-state index contributed by atoms with van der Waals surface area (Å²) in [4.78, 5) is 0. The maximum Gasteiger partial charge on any atom is 0.0583 e. The minimum Gasteiger partial charge on any atom is -0.398 e. The first kappa shape index (κ1) is 11.4. The quantitative estimate of drug-likeness (QED) is 0.473. The van der Waals surface area contributed by atoms with E-state index in [1.54, 1.807) is 6.07 Å². The summed E-state index contributed by atoms with van der Waals surface area (Å²) in [6.45, 7) is 1.95. The highest BCUT2D eigenvalue weighted by molar-refractivity contribution is 9.09. The highest BCUT2D eigenvalue weighted by Gasteiger charge is 2.00. The van der Waals surface area contributed by atoms with Crippen LogP contribution in [0.1, 0.15) is 17.5 Å². The second kappa shape index (κ2) is 5.29. The molecule has 0 spiro atoms. The molecule has 0 unspecified atom stereocenters. The molecule has 0 bridgehead atoms. The fourth-order valence-corrected chi connectivity index (χ4v) is 1.42. The summed E-state index contributed by atoms with van der Waals surface area (Å²) in [7, 11) is 0. The van der Waals surface area contributed by atoms with Gasteiger partial charge in [0.15, 0.2) is 0 Å². The van der Waals surface area contributed by atoms with Crippen molar-refractivity contribution in [3.8, 4) is 11.8 Å². The minimum absolute atomic E-state index is 0.621. The molecule has 0 fully saturated rings. The van der Waals surface area contributed by atoms with E-state index >= 15 is 0 Å². The van der Waals surface area contributed by atoms with Crippen molar-refractivity contribution in [2.24, 2.45) is 0 Å². The third kappa shape index (κ3) is 2.94. The summed E-state index contributed by atoms with van der Waals surface area (Å²) >= 11 is 9.30. The second-order valence-electron chi connectivity index (χ2n) is 2.93. The molecule has 0 saturated heterocycles. The summed E-state index contributed by atoms with van der Waals surface area (Å²) in [5.41, 5.74) is 8.27. The molecule has 1 aromatic rings. The van der Waals surface area contributed by atoms with E-state index in [9.17, 15) is 0 Å². The Morgan fingerprint density at radius 1 is 1.50 bits per heavy atom. The zero-order chi connectivity index (χ0) is 10.6. The van der Waals surface area contributed by atoms with Crippen LogP contribution in [0.3, 0.4) is 0 Å². The van der Waals surface area contributed by atoms with E-state index in [1.165, 1.54) is 0 Å². The number of hydrogen-bond donors (Lipinski definition) is 1. The molecular weight excluding hydrogens is 261 g/mol. The number of anilines is 1. The Bertz CT molecular complexity index is 390. The van der Waals surface area contributed by atoms with E-state index in [2.05, 4.69) is 27.8 Å². The van der Waals surface area contributed by atoms with Crippen LogP contribution in [0.4, 0.5) is 5.69 Å². The molecule has 14 heavy (non-hydrogen) atoms. The summed E-state index contributed by atoms with van der Waals surface area (Å²) < 4.78 is 0. The zero-order valence-electron chi connectivity index (χ0n) is 7.90. The van der Waals surface area contributed by atoms with Crippen molar-refractivity contribution in [2.45, 2.75) is 13.3 Å². The Morgan fingerprint density at radius 2 is 2.21 bits per heavy atom. The third-order valence-corrected chi connectivity index (χ3v) is 2.51. The number of hydrogen-bond acceptors (Lipinski definition) is 1. The smallest absolute Gasteiger partial charge is 0.0583 e. The molecule has 0 radical (unpaired) electrons. The van der Waals surface area contributed by atoms with Gasteiger partial charge in [0, 0.05) is 23.0 Å². The molecule has 0 heterocycles. The molecule has 1 nitrogen and oxygen atoms in total. The lowest BCUT2D eigenvalue weighted by molar-refractivity contribution is 1.32. The predicted octanol–water partition coefficient (Wildman–Crippen LogP) is 3.37. The fourth-order valence-electron chi connectivity index (χ4n) is 0.998. The SMILES string of the molecule is Cc1cc(C#CCCBr)c(Cl)cc1N. The maximum atomic E-state index is 5.99. The molecule has 3 heteroatoms. The van der Waals surface area contributed by atoms with Gasteiger partial charge in [0.25, 0.3) is 0 Å². The second-order valence-corrected chi connectivity index (χ2v) is 4.13. The van der Waals surface area contributed by atoms with Gasteiger partial charge < -0.3 is 5.73 Å². The van der Waals surface area contributed by atoms with Gasteiger partial charge in [0.2, 0.25) is 0 Å². The zero-order valence-corrected chi connectivity index (χ0v) is 10.2. The van der Waals surface area contributed by atoms with Crippen molar-refractivity contribution in [1.29, 1.82) is 0 Å². The number of nitrogens with two attached hydrogens (primary N) is 1. The first-order valence-electron chi connectivity index (χ1n) is 4.25. The van der Waals surface area contributed by atoms with Crippen LogP contribution in [-0.2, 0) is 0 Å². The average Bonchev–Trinajstić information content (AvgIpc) is 2.14. The normalized spacial score (nSPS) is 9.36.